The number of esters is 1. The van der Waals surface area contributed by atoms with E-state index in [0.29, 0.717) is 24.9 Å². The summed E-state index contributed by atoms with van der Waals surface area (Å²) in [5, 5.41) is 5.43. The normalized spacial score (nSPS) is 17.1. The largest absolute Gasteiger partial charge is 0.486 e. The highest BCUT2D eigenvalue weighted by molar-refractivity contribution is 5.81. The molecule has 2 amide bonds. The van der Waals surface area contributed by atoms with Gasteiger partial charge in [-0.3, -0.25) is 4.79 Å². The Morgan fingerprint density at radius 3 is 2.70 bits per heavy atom. The van der Waals surface area contributed by atoms with Gasteiger partial charge in [-0.15, -0.1) is 0 Å². The fourth-order valence-corrected chi connectivity index (χ4v) is 2.57. The van der Waals surface area contributed by atoms with Gasteiger partial charge in [-0.05, 0) is 36.5 Å². The third kappa shape index (κ3) is 3.85. The molecule has 0 bridgehead atoms. The highest BCUT2D eigenvalue weighted by Crippen LogP contribution is 2.43. The maximum absolute atomic E-state index is 12.0. The zero-order valence-corrected chi connectivity index (χ0v) is 13.0. The first-order valence-electron chi connectivity index (χ1n) is 7.68. The summed E-state index contributed by atoms with van der Waals surface area (Å²) < 4.78 is 15.6. The van der Waals surface area contributed by atoms with Crippen LogP contribution in [-0.4, -0.2) is 38.9 Å². The van der Waals surface area contributed by atoms with E-state index >= 15 is 0 Å². The molecule has 1 aromatic rings. The predicted octanol–water partition coefficient (Wildman–Crippen LogP) is 1.38. The van der Waals surface area contributed by atoms with Crippen LogP contribution >= 0.6 is 0 Å². The van der Waals surface area contributed by atoms with Gasteiger partial charge < -0.3 is 24.8 Å². The van der Waals surface area contributed by atoms with Crippen LogP contribution in [0.4, 0.5) is 4.79 Å². The second kappa shape index (κ2) is 6.76. The fraction of sp³-hybridized carbons (Fsp3) is 0.500. The van der Waals surface area contributed by atoms with Crippen molar-refractivity contribution < 1.29 is 23.8 Å². The van der Waals surface area contributed by atoms with Crippen LogP contribution in [-0.2, 0) is 9.53 Å². The van der Waals surface area contributed by atoms with Crippen molar-refractivity contribution in [1.29, 1.82) is 0 Å². The Morgan fingerprint density at radius 2 is 2.00 bits per heavy atom. The van der Waals surface area contributed by atoms with Crippen LogP contribution in [0.1, 0.15) is 24.4 Å². The van der Waals surface area contributed by atoms with E-state index in [1.54, 1.807) is 0 Å². The number of rotatable bonds is 5. The fourth-order valence-electron chi connectivity index (χ4n) is 2.57. The van der Waals surface area contributed by atoms with E-state index in [4.69, 9.17) is 9.47 Å². The topological polar surface area (TPSA) is 85.9 Å². The van der Waals surface area contributed by atoms with Crippen LogP contribution in [0.2, 0.25) is 0 Å². The number of methoxy groups -OCH3 is 1. The molecule has 1 atom stereocenters. The summed E-state index contributed by atoms with van der Waals surface area (Å²) in [4.78, 5) is 23.1. The summed E-state index contributed by atoms with van der Waals surface area (Å²) in [5.74, 6) is 1.35. The number of ether oxygens (including phenoxy) is 3. The summed E-state index contributed by atoms with van der Waals surface area (Å²) in [6.45, 7) is 0.922. The smallest absolute Gasteiger partial charge is 0.325 e. The van der Waals surface area contributed by atoms with Gasteiger partial charge in [-0.2, -0.15) is 0 Å². The van der Waals surface area contributed by atoms with E-state index in [1.165, 1.54) is 7.11 Å². The first-order valence-corrected chi connectivity index (χ1v) is 7.68. The monoisotopic (exact) mass is 320 g/mol. The van der Waals surface area contributed by atoms with Gasteiger partial charge >= 0.3 is 12.0 Å². The van der Waals surface area contributed by atoms with E-state index in [1.807, 2.05) is 18.2 Å². The number of hydrogen-bond acceptors (Lipinski definition) is 5. The average molecular weight is 320 g/mol. The minimum atomic E-state index is -0.484. The number of nitrogens with one attached hydrogen (secondary N) is 2. The molecule has 124 valence electrons. The highest BCUT2D eigenvalue weighted by atomic mass is 16.6. The number of benzene rings is 1. The molecule has 1 aliphatic carbocycles. The first-order chi connectivity index (χ1) is 11.2. The van der Waals surface area contributed by atoms with Crippen LogP contribution in [0, 0.1) is 5.92 Å². The third-order valence-corrected chi connectivity index (χ3v) is 3.93. The molecule has 0 aromatic heterocycles. The molecule has 1 saturated carbocycles. The zero-order chi connectivity index (χ0) is 16.2. The molecule has 2 aliphatic rings. The minimum Gasteiger partial charge on any atom is -0.486 e. The Morgan fingerprint density at radius 1 is 1.26 bits per heavy atom. The van der Waals surface area contributed by atoms with Crippen molar-refractivity contribution in [3.05, 3.63) is 23.8 Å². The molecule has 3 rings (SSSR count). The van der Waals surface area contributed by atoms with Crippen molar-refractivity contribution in [2.24, 2.45) is 5.92 Å². The van der Waals surface area contributed by atoms with Crippen molar-refractivity contribution in [1.82, 2.24) is 10.6 Å². The second-order valence-electron chi connectivity index (χ2n) is 5.62. The zero-order valence-electron chi connectivity index (χ0n) is 13.0. The number of urea groups is 1. The van der Waals surface area contributed by atoms with Crippen LogP contribution in [0.25, 0.3) is 0 Å². The quantitative estimate of drug-likeness (QED) is 0.801. The van der Waals surface area contributed by atoms with Crippen molar-refractivity contribution in [3.8, 4) is 11.5 Å². The Labute approximate surface area is 134 Å². The van der Waals surface area contributed by atoms with Gasteiger partial charge in [0.25, 0.3) is 0 Å². The molecule has 0 radical (unpaired) electrons. The van der Waals surface area contributed by atoms with Gasteiger partial charge in [0.2, 0.25) is 0 Å². The Bertz CT molecular complexity index is 600. The molecule has 2 N–H and O–H groups in total. The van der Waals surface area contributed by atoms with Crippen molar-refractivity contribution in [3.63, 3.8) is 0 Å². The van der Waals surface area contributed by atoms with Gasteiger partial charge in [0.1, 0.15) is 19.8 Å². The van der Waals surface area contributed by atoms with E-state index in [-0.39, 0.29) is 18.6 Å². The molecule has 1 aromatic carbocycles. The summed E-state index contributed by atoms with van der Waals surface area (Å²) in [6.07, 6.45) is 2.13. The van der Waals surface area contributed by atoms with Crippen LogP contribution in [0.5, 0.6) is 11.5 Å². The van der Waals surface area contributed by atoms with E-state index in [0.717, 1.165) is 24.2 Å². The molecule has 1 aliphatic heterocycles. The molecular weight excluding hydrogens is 300 g/mol. The number of carbonyl (C=O) groups is 2. The molecule has 0 saturated heterocycles. The molecular formula is C16H20N2O5. The van der Waals surface area contributed by atoms with Crippen molar-refractivity contribution in [2.45, 2.75) is 18.9 Å². The molecule has 23 heavy (non-hydrogen) atoms. The lowest BCUT2D eigenvalue weighted by molar-refractivity contribution is -0.139. The lowest BCUT2D eigenvalue weighted by atomic mass is 10.0. The van der Waals surface area contributed by atoms with Gasteiger partial charge in [0, 0.05) is 0 Å². The summed E-state index contributed by atoms with van der Waals surface area (Å²) in [5.41, 5.74) is 0.977. The number of hydrogen-bond donors (Lipinski definition) is 2. The molecule has 0 spiro atoms. The Kier molecular flexibility index (Phi) is 4.55. The van der Waals surface area contributed by atoms with Gasteiger partial charge in [-0.25, -0.2) is 4.79 Å². The molecule has 7 nitrogen and oxygen atoms in total. The lowest BCUT2D eigenvalue weighted by Crippen LogP contribution is -2.41. The SMILES string of the molecule is COC(=O)CNC(=O)N[C@@H](c1ccc2c(c1)OCCO2)C1CC1. The predicted molar refractivity (Wildman–Crippen MR) is 81.4 cm³/mol. The first kappa shape index (κ1) is 15.5. The van der Waals surface area contributed by atoms with Gasteiger partial charge in [-0.1, -0.05) is 6.07 Å². The number of fused-ring (bicyclic) bond motifs is 1. The maximum atomic E-state index is 12.0. The Balaban J connectivity index is 1.67. The minimum absolute atomic E-state index is 0.108. The molecule has 1 heterocycles. The molecule has 0 unspecified atom stereocenters. The number of amides is 2. The maximum Gasteiger partial charge on any atom is 0.325 e. The number of carbonyl (C=O) groups excluding carboxylic acids is 2. The van der Waals surface area contributed by atoms with E-state index < -0.39 is 5.97 Å². The molecule has 7 heteroatoms. The second-order valence-corrected chi connectivity index (χ2v) is 5.62. The Hall–Kier alpha value is -2.44. The summed E-state index contributed by atoms with van der Waals surface area (Å²) in [7, 11) is 1.28. The standard InChI is InChI=1S/C16H20N2O5/c1-21-14(19)9-17-16(20)18-15(10-2-3-10)11-4-5-12-13(8-11)23-7-6-22-12/h4-5,8,10,15H,2-3,6-7,9H2,1H3,(H2,17,18,20)/t15-/m1/s1. The van der Waals surface area contributed by atoms with Crippen LogP contribution < -0.4 is 20.1 Å². The van der Waals surface area contributed by atoms with Crippen molar-refractivity contribution in [2.75, 3.05) is 26.9 Å². The highest BCUT2D eigenvalue weighted by Gasteiger charge is 2.34. The van der Waals surface area contributed by atoms with E-state index in [9.17, 15) is 9.59 Å². The molecule has 1 fully saturated rings. The van der Waals surface area contributed by atoms with Crippen molar-refractivity contribution >= 4 is 12.0 Å². The average Bonchev–Trinajstić information content (AvgIpc) is 3.42. The van der Waals surface area contributed by atoms with Crippen LogP contribution in [0.3, 0.4) is 0 Å². The van der Waals surface area contributed by atoms with E-state index in [2.05, 4.69) is 15.4 Å². The van der Waals surface area contributed by atoms with Crippen LogP contribution in [0.15, 0.2) is 18.2 Å². The lowest BCUT2D eigenvalue weighted by Gasteiger charge is -2.23. The summed E-state index contributed by atoms with van der Waals surface area (Å²) in [6, 6.07) is 5.23. The van der Waals surface area contributed by atoms with Gasteiger partial charge in [0.05, 0.1) is 13.2 Å². The third-order valence-electron chi connectivity index (χ3n) is 3.93. The van der Waals surface area contributed by atoms with Gasteiger partial charge in [0.15, 0.2) is 11.5 Å². The summed E-state index contributed by atoms with van der Waals surface area (Å²) >= 11 is 0.